The lowest BCUT2D eigenvalue weighted by atomic mass is 9.81. The molecule has 1 unspecified atom stereocenters. The quantitative estimate of drug-likeness (QED) is 0.563. The summed E-state index contributed by atoms with van der Waals surface area (Å²) in [7, 11) is -0.565. The summed E-state index contributed by atoms with van der Waals surface area (Å²) in [6.45, 7) is 14.3. The van der Waals surface area contributed by atoms with Gasteiger partial charge in [0.05, 0.1) is 46.3 Å². The first kappa shape index (κ1) is 24.5. The van der Waals surface area contributed by atoms with Gasteiger partial charge in [0.1, 0.15) is 6.17 Å². The molecule has 1 aliphatic heterocycles. The highest BCUT2D eigenvalue weighted by Crippen LogP contribution is 2.36. The molecule has 1 amide bonds. The molecule has 2 aromatic rings. The maximum atomic E-state index is 14.1. The van der Waals surface area contributed by atoms with E-state index in [4.69, 9.17) is 9.31 Å². The van der Waals surface area contributed by atoms with Crippen molar-refractivity contribution in [3.8, 4) is 0 Å². The molecule has 32 heavy (non-hydrogen) atoms. The third-order valence-corrected chi connectivity index (χ3v) is 6.07. The van der Waals surface area contributed by atoms with E-state index in [1.807, 2.05) is 53.8 Å². The molecule has 3 rings (SSSR count). The Morgan fingerprint density at radius 3 is 2.41 bits per heavy atom. The molecular weight excluding hydrogens is 414 g/mol. The third kappa shape index (κ3) is 4.77. The van der Waals surface area contributed by atoms with Gasteiger partial charge in [0.25, 0.3) is 5.91 Å². The molecule has 10 heteroatoms. The second kappa shape index (κ2) is 8.31. The zero-order valence-corrected chi connectivity index (χ0v) is 20.1. The Bertz CT molecular complexity index is 984. The van der Waals surface area contributed by atoms with Gasteiger partial charge >= 0.3 is 7.12 Å². The molecular formula is C22H34BFN4O4. The fraction of sp³-hybridized carbons (Fsp3) is 0.636. The second-order valence-electron chi connectivity index (χ2n) is 10.3. The van der Waals surface area contributed by atoms with Gasteiger partial charge in [0.15, 0.2) is 0 Å². The Morgan fingerprint density at radius 2 is 1.88 bits per heavy atom. The highest BCUT2D eigenvalue weighted by Gasteiger charge is 2.52. The summed E-state index contributed by atoms with van der Waals surface area (Å²) in [5, 5.41) is 20.0. The van der Waals surface area contributed by atoms with Crippen LogP contribution in [0.5, 0.6) is 0 Å². The number of anilines is 1. The van der Waals surface area contributed by atoms with E-state index in [1.54, 1.807) is 4.52 Å². The molecule has 176 valence electrons. The van der Waals surface area contributed by atoms with E-state index in [0.29, 0.717) is 11.2 Å². The minimum absolute atomic E-state index is 0.0354. The van der Waals surface area contributed by atoms with Crippen LogP contribution in [0.25, 0.3) is 5.52 Å². The van der Waals surface area contributed by atoms with Crippen molar-refractivity contribution in [3.05, 3.63) is 24.0 Å². The summed E-state index contributed by atoms with van der Waals surface area (Å²) in [5.74, 6) is -0.478. The van der Waals surface area contributed by atoms with Crippen LogP contribution in [0.2, 0.25) is 0 Å². The van der Waals surface area contributed by atoms with E-state index < -0.39 is 36.0 Å². The van der Waals surface area contributed by atoms with Crippen molar-refractivity contribution in [2.24, 2.45) is 0 Å². The van der Waals surface area contributed by atoms with E-state index >= 15 is 0 Å². The Morgan fingerprint density at radius 1 is 1.28 bits per heavy atom. The summed E-state index contributed by atoms with van der Waals surface area (Å²) in [6, 6.07) is 1.92. The average Bonchev–Trinajstić information content (AvgIpc) is 3.17. The number of nitrogens with zero attached hydrogens (tertiary/aromatic N) is 2. The van der Waals surface area contributed by atoms with E-state index in [2.05, 4.69) is 15.7 Å². The van der Waals surface area contributed by atoms with Crippen molar-refractivity contribution in [2.45, 2.75) is 84.4 Å². The number of aromatic nitrogens is 2. The van der Waals surface area contributed by atoms with E-state index in [1.165, 1.54) is 20.0 Å². The summed E-state index contributed by atoms with van der Waals surface area (Å²) >= 11 is 0. The molecule has 8 nitrogen and oxygen atoms in total. The van der Waals surface area contributed by atoms with Crippen LogP contribution in [0.4, 0.5) is 10.1 Å². The van der Waals surface area contributed by atoms with Crippen LogP contribution in [0.15, 0.2) is 18.5 Å². The lowest BCUT2D eigenvalue weighted by Crippen LogP contribution is -2.42. The van der Waals surface area contributed by atoms with E-state index in [9.17, 15) is 14.3 Å². The van der Waals surface area contributed by atoms with Gasteiger partial charge in [-0.15, -0.1) is 0 Å². The minimum Gasteiger partial charge on any atom is -0.399 e. The Kier molecular flexibility index (Phi) is 6.36. The molecule has 0 saturated carbocycles. The Hall–Kier alpha value is -2.17. The zero-order valence-electron chi connectivity index (χ0n) is 20.1. The summed E-state index contributed by atoms with van der Waals surface area (Å²) in [5.41, 5.74) is -0.184. The number of carbonyl (C=O) groups is 1. The maximum Gasteiger partial charge on any atom is 0.496 e. The van der Waals surface area contributed by atoms with Crippen molar-refractivity contribution in [3.63, 3.8) is 0 Å². The van der Waals surface area contributed by atoms with Crippen molar-refractivity contribution in [2.75, 3.05) is 11.9 Å². The van der Waals surface area contributed by atoms with Crippen molar-refractivity contribution in [1.82, 2.24) is 14.9 Å². The molecule has 1 fully saturated rings. The Labute approximate surface area is 189 Å². The van der Waals surface area contributed by atoms with Crippen LogP contribution in [-0.2, 0) is 9.31 Å². The van der Waals surface area contributed by atoms with Crippen LogP contribution in [0, 0.1) is 0 Å². The van der Waals surface area contributed by atoms with Crippen molar-refractivity contribution < 1.29 is 23.6 Å². The van der Waals surface area contributed by atoms with Crippen LogP contribution >= 0.6 is 0 Å². The fourth-order valence-corrected chi connectivity index (χ4v) is 3.32. The summed E-state index contributed by atoms with van der Waals surface area (Å²) in [4.78, 5) is 12.9. The first-order valence-corrected chi connectivity index (χ1v) is 10.9. The zero-order chi connectivity index (χ0) is 24.1. The molecule has 0 aliphatic carbocycles. The van der Waals surface area contributed by atoms with Gasteiger partial charge in [-0.2, -0.15) is 5.10 Å². The first-order chi connectivity index (χ1) is 14.6. The van der Waals surface area contributed by atoms with Gasteiger partial charge in [-0.1, -0.05) is 0 Å². The van der Waals surface area contributed by atoms with Crippen LogP contribution in [0.3, 0.4) is 0 Å². The highest BCUT2D eigenvalue weighted by molar-refractivity contribution is 6.62. The van der Waals surface area contributed by atoms with Gasteiger partial charge in [-0.25, -0.2) is 8.91 Å². The normalized spacial score (nSPS) is 18.9. The second-order valence-corrected chi connectivity index (χ2v) is 10.3. The number of amides is 1. The number of hydrogen-bond donors (Lipinski definition) is 3. The fourth-order valence-electron chi connectivity index (χ4n) is 3.32. The van der Waals surface area contributed by atoms with Crippen LogP contribution < -0.4 is 16.1 Å². The number of carbonyl (C=O) groups excluding carboxylic acids is 1. The maximum absolute atomic E-state index is 14.1. The molecule has 3 heterocycles. The topological polar surface area (TPSA) is 97.1 Å². The Balaban J connectivity index is 1.94. The molecule has 2 aromatic heterocycles. The first-order valence-electron chi connectivity index (χ1n) is 10.9. The predicted octanol–water partition coefficient (Wildman–Crippen LogP) is 2.29. The molecule has 1 atom stereocenters. The molecule has 1 aliphatic rings. The lowest BCUT2D eigenvalue weighted by Gasteiger charge is -2.32. The molecule has 1 saturated heterocycles. The van der Waals surface area contributed by atoms with Gasteiger partial charge in [-0.05, 0) is 61.5 Å². The van der Waals surface area contributed by atoms with Crippen molar-refractivity contribution >= 4 is 29.7 Å². The number of fused-ring (bicyclic) bond motifs is 1. The molecule has 0 bridgehead atoms. The summed E-state index contributed by atoms with van der Waals surface area (Å²) in [6.07, 6.45) is 1.66. The number of aliphatic hydroxyl groups is 1. The van der Waals surface area contributed by atoms with Crippen molar-refractivity contribution in [1.29, 1.82) is 0 Å². The van der Waals surface area contributed by atoms with E-state index in [-0.39, 0.29) is 18.2 Å². The molecule has 3 N–H and O–H groups in total. The SMILES string of the molecule is CC(C)Nc1c(C(=O)NCC(F)C(C)(C)O)cnn2cc(B3OC(C)(C)C(C)(C)O3)cc12. The third-order valence-electron chi connectivity index (χ3n) is 6.07. The van der Waals surface area contributed by atoms with Crippen LogP contribution in [0.1, 0.15) is 65.7 Å². The highest BCUT2D eigenvalue weighted by atomic mass is 19.1. The number of halogens is 1. The van der Waals surface area contributed by atoms with E-state index in [0.717, 1.165) is 5.46 Å². The minimum atomic E-state index is -1.60. The molecule has 0 spiro atoms. The van der Waals surface area contributed by atoms with Gasteiger partial charge in [0, 0.05) is 17.7 Å². The monoisotopic (exact) mass is 448 g/mol. The number of alkyl halides is 1. The van der Waals surface area contributed by atoms with Gasteiger partial charge in [0.2, 0.25) is 0 Å². The lowest BCUT2D eigenvalue weighted by molar-refractivity contribution is -0.00177. The smallest absolute Gasteiger partial charge is 0.399 e. The predicted molar refractivity (Wildman–Crippen MR) is 123 cm³/mol. The largest absolute Gasteiger partial charge is 0.496 e. The van der Waals surface area contributed by atoms with Gasteiger partial charge < -0.3 is 25.0 Å². The average molecular weight is 448 g/mol. The van der Waals surface area contributed by atoms with Gasteiger partial charge in [-0.3, -0.25) is 4.79 Å². The molecule has 0 aromatic carbocycles. The number of rotatable bonds is 7. The molecule has 0 radical (unpaired) electrons. The standard InChI is InChI=1S/C22H34BFN4O4/c1-13(2)27-18-15(19(29)25-11-17(24)20(3,4)30)10-26-28-12-14(9-16(18)28)23-31-21(5,6)22(7,8)32-23/h9-10,12-13,17,27,30H,11H2,1-8H3,(H,25,29). The summed E-state index contributed by atoms with van der Waals surface area (Å²) < 4.78 is 28.1. The number of hydrogen-bond acceptors (Lipinski definition) is 6. The van der Waals surface area contributed by atoms with Crippen LogP contribution in [-0.4, -0.2) is 63.3 Å². The number of nitrogens with one attached hydrogen (secondary N) is 2.